The molecule has 0 aliphatic heterocycles. The summed E-state index contributed by atoms with van der Waals surface area (Å²) in [5.74, 6) is -1.49. The van der Waals surface area contributed by atoms with E-state index in [0.717, 1.165) is 24.3 Å². The van der Waals surface area contributed by atoms with Gasteiger partial charge in [-0.2, -0.15) is 33.9 Å². The minimum Gasteiger partial charge on any atom is -0.478 e. The molecule has 16 nitrogen and oxygen atoms in total. The molecule has 3 aromatic rings. The van der Waals surface area contributed by atoms with Crippen molar-refractivity contribution in [1.29, 1.82) is 10.5 Å². The zero-order valence-electron chi connectivity index (χ0n) is 20.8. The summed E-state index contributed by atoms with van der Waals surface area (Å²) in [4.78, 5) is 24.8. The van der Waals surface area contributed by atoms with Gasteiger partial charge >= 0.3 is 5.97 Å². The minimum absolute atomic E-state index is 0.0183. The molecule has 18 heteroatoms. The van der Waals surface area contributed by atoms with Crippen LogP contribution < -0.4 is 20.3 Å². The van der Waals surface area contributed by atoms with Crippen LogP contribution in [0.1, 0.15) is 21.5 Å². The summed E-state index contributed by atoms with van der Waals surface area (Å²) in [5, 5.41) is 33.0. The van der Waals surface area contributed by atoms with Crippen LogP contribution in [-0.2, 0) is 20.1 Å². The third-order valence-corrected chi connectivity index (χ3v) is 7.34. The van der Waals surface area contributed by atoms with Gasteiger partial charge in [-0.3, -0.25) is 4.55 Å². The second kappa shape index (κ2) is 11.9. The number of carboxylic acids is 1. The molecule has 0 amide bonds. The molecular weight excluding hydrogens is 566 g/mol. The monoisotopic (exact) mass is 587 g/mol. The molecule has 0 fully saturated rings. The Bertz CT molecular complexity index is 1760. The molecule has 0 saturated heterocycles. The average Bonchev–Trinajstić information content (AvgIpc) is 2.89. The van der Waals surface area contributed by atoms with E-state index in [1.165, 1.54) is 17.0 Å². The zero-order chi connectivity index (χ0) is 29.7. The first-order valence-corrected chi connectivity index (χ1v) is 13.9. The summed E-state index contributed by atoms with van der Waals surface area (Å²) in [6.07, 6.45) is 0. The zero-order valence-corrected chi connectivity index (χ0v) is 22.4. The first-order valence-electron chi connectivity index (χ1n) is 11.0. The molecule has 0 unspecified atom stereocenters. The lowest BCUT2D eigenvalue weighted by atomic mass is 10.1. The van der Waals surface area contributed by atoms with E-state index in [0.29, 0.717) is 0 Å². The molecule has 0 radical (unpaired) electrons. The van der Waals surface area contributed by atoms with Crippen molar-refractivity contribution >= 4 is 49.6 Å². The molecule has 0 aliphatic carbocycles. The predicted octanol–water partition coefficient (Wildman–Crippen LogP) is 0.760. The Morgan fingerprint density at radius 3 is 2.17 bits per heavy atom. The van der Waals surface area contributed by atoms with Gasteiger partial charge in [0.1, 0.15) is 12.1 Å². The molecular formula is C22H21N9O7S2. The Hall–Kier alpha value is -4.88. The van der Waals surface area contributed by atoms with E-state index >= 15 is 0 Å². The smallest absolute Gasteiger partial charge is 0.337 e. The summed E-state index contributed by atoms with van der Waals surface area (Å²) in [5.41, 5.74) is -0.598. The number of carboxylic acid groups (broad SMARTS) is 1. The van der Waals surface area contributed by atoms with E-state index < -0.39 is 31.0 Å². The second-order valence-corrected chi connectivity index (χ2v) is 11.2. The van der Waals surface area contributed by atoms with E-state index in [-0.39, 0.29) is 58.2 Å². The molecule has 2 aromatic carbocycles. The van der Waals surface area contributed by atoms with Gasteiger partial charge in [0.05, 0.1) is 32.2 Å². The first-order chi connectivity index (χ1) is 18.7. The summed E-state index contributed by atoms with van der Waals surface area (Å²) in [6.45, 7) is -0.162. The van der Waals surface area contributed by atoms with Gasteiger partial charge in [-0.1, -0.05) is 0 Å². The van der Waals surface area contributed by atoms with Gasteiger partial charge in [0.25, 0.3) is 10.1 Å². The highest BCUT2D eigenvalue weighted by Crippen LogP contribution is 2.24. The number of hydrogen-bond acceptors (Lipinski definition) is 13. The van der Waals surface area contributed by atoms with Gasteiger partial charge in [-0.05, 0) is 36.4 Å². The largest absolute Gasteiger partial charge is 0.478 e. The Morgan fingerprint density at radius 2 is 1.57 bits per heavy atom. The van der Waals surface area contributed by atoms with Crippen molar-refractivity contribution < 1.29 is 31.3 Å². The topological polar surface area (TPSA) is 251 Å². The van der Waals surface area contributed by atoms with E-state index in [9.17, 15) is 31.3 Å². The highest BCUT2D eigenvalue weighted by atomic mass is 32.2. The van der Waals surface area contributed by atoms with Crippen LogP contribution in [0.3, 0.4) is 0 Å². The van der Waals surface area contributed by atoms with Crippen molar-refractivity contribution in [2.24, 2.45) is 0 Å². The molecule has 5 N–H and O–H groups in total. The molecule has 0 bridgehead atoms. The van der Waals surface area contributed by atoms with E-state index in [1.807, 2.05) is 0 Å². The second-order valence-electron chi connectivity index (χ2n) is 8.05. The standard InChI is InChI=1S/C22H21N9O7S2/c1-31(2)22-29-20(25-7-8-26-39(34,35)15-4-3-13(11-23)14(9-15)12-24)28-21(30-22)27-18-10-16(40(36,37)38)5-6-17(18)19(32)33/h3-6,9-10,26H,7-8H2,1-2H3,(H,32,33)(H,36,37,38)(H2,25,27,28,29,30). The molecule has 0 spiro atoms. The maximum Gasteiger partial charge on any atom is 0.337 e. The van der Waals surface area contributed by atoms with Crippen molar-refractivity contribution in [3.05, 3.63) is 53.1 Å². The van der Waals surface area contributed by atoms with Crippen LogP contribution in [0.4, 0.5) is 23.5 Å². The third-order valence-electron chi connectivity index (χ3n) is 5.03. The van der Waals surface area contributed by atoms with Crippen LogP contribution in [0.15, 0.2) is 46.2 Å². The molecule has 0 aliphatic rings. The Morgan fingerprint density at radius 1 is 0.925 bits per heavy atom. The Kier molecular flexibility index (Phi) is 8.82. The molecule has 3 rings (SSSR count). The number of nitrogens with zero attached hydrogens (tertiary/aromatic N) is 6. The van der Waals surface area contributed by atoms with Gasteiger partial charge in [0, 0.05) is 27.2 Å². The van der Waals surface area contributed by atoms with Crippen LogP contribution in [0.5, 0.6) is 0 Å². The van der Waals surface area contributed by atoms with Crippen molar-refractivity contribution in [2.75, 3.05) is 42.7 Å². The first kappa shape index (κ1) is 29.7. The number of rotatable bonds is 11. The Balaban J connectivity index is 1.80. The number of sulfonamides is 1. The number of carbonyl (C=O) groups is 1. The average molecular weight is 588 g/mol. The summed E-state index contributed by atoms with van der Waals surface area (Å²) in [6, 6.07) is 9.91. The molecule has 1 aromatic heterocycles. The maximum atomic E-state index is 12.6. The fraction of sp³-hybridized carbons (Fsp3) is 0.182. The number of anilines is 4. The Labute approximate surface area is 228 Å². The fourth-order valence-corrected chi connectivity index (χ4v) is 4.68. The van der Waals surface area contributed by atoms with Gasteiger partial charge in [0.15, 0.2) is 0 Å². The summed E-state index contributed by atoms with van der Waals surface area (Å²) < 4.78 is 59.9. The normalized spacial score (nSPS) is 11.2. The summed E-state index contributed by atoms with van der Waals surface area (Å²) in [7, 11) is -5.43. The quantitative estimate of drug-likeness (QED) is 0.153. The number of hydrogen-bond donors (Lipinski definition) is 5. The number of aromatic nitrogens is 3. The summed E-state index contributed by atoms with van der Waals surface area (Å²) >= 11 is 0. The fourth-order valence-electron chi connectivity index (χ4n) is 3.12. The van der Waals surface area contributed by atoms with Crippen LogP contribution in [-0.4, -0.2) is 74.6 Å². The number of nitriles is 2. The molecule has 1 heterocycles. The lowest BCUT2D eigenvalue weighted by molar-refractivity contribution is 0.0697. The van der Waals surface area contributed by atoms with Crippen molar-refractivity contribution in [2.45, 2.75) is 9.79 Å². The lowest BCUT2D eigenvalue weighted by Crippen LogP contribution is -2.29. The lowest BCUT2D eigenvalue weighted by Gasteiger charge is -2.15. The SMILES string of the molecule is CN(C)c1nc(NCCNS(=O)(=O)c2ccc(C#N)c(C#N)c2)nc(Nc2cc(S(=O)(=O)O)ccc2C(=O)O)n1. The van der Waals surface area contributed by atoms with Crippen molar-refractivity contribution in [3.8, 4) is 12.1 Å². The number of benzene rings is 2. The van der Waals surface area contributed by atoms with Gasteiger partial charge in [0.2, 0.25) is 27.9 Å². The van der Waals surface area contributed by atoms with Crippen molar-refractivity contribution in [1.82, 2.24) is 19.7 Å². The van der Waals surface area contributed by atoms with Gasteiger partial charge in [-0.15, -0.1) is 0 Å². The number of nitrogens with one attached hydrogen (secondary N) is 3. The van der Waals surface area contributed by atoms with Crippen LogP contribution in [0.25, 0.3) is 0 Å². The molecule has 208 valence electrons. The minimum atomic E-state index is -4.64. The van der Waals surface area contributed by atoms with E-state index in [2.05, 4.69) is 30.3 Å². The molecule has 0 saturated carbocycles. The third kappa shape index (κ3) is 7.15. The molecule has 0 atom stereocenters. The van der Waals surface area contributed by atoms with Crippen LogP contribution >= 0.6 is 0 Å². The van der Waals surface area contributed by atoms with Crippen LogP contribution in [0.2, 0.25) is 0 Å². The maximum absolute atomic E-state index is 12.6. The predicted molar refractivity (Wildman–Crippen MR) is 140 cm³/mol. The highest BCUT2D eigenvalue weighted by Gasteiger charge is 2.19. The number of aromatic carboxylic acids is 1. The van der Waals surface area contributed by atoms with Gasteiger partial charge < -0.3 is 20.6 Å². The highest BCUT2D eigenvalue weighted by molar-refractivity contribution is 7.89. The van der Waals surface area contributed by atoms with Crippen LogP contribution in [0, 0.1) is 22.7 Å². The van der Waals surface area contributed by atoms with E-state index in [1.54, 1.807) is 26.2 Å². The van der Waals surface area contributed by atoms with Crippen molar-refractivity contribution in [3.63, 3.8) is 0 Å². The van der Waals surface area contributed by atoms with E-state index in [4.69, 9.17) is 10.5 Å². The van der Waals surface area contributed by atoms with Gasteiger partial charge in [-0.25, -0.2) is 17.9 Å². The molecule has 40 heavy (non-hydrogen) atoms.